The molecule has 1 aliphatic rings. The highest BCUT2D eigenvalue weighted by atomic mass is 16.3. The predicted octanol–water partition coefficient (Wildman–Crippen LogP) is 11.5. The highest BCUT2D eigenvalue weighted by Gasteiger charge is 2.19. The van der Waals surface area contributed by atoms with Crippen molar-refractivity contribution >= 4 is 72.3 Å². The molecule has 0 fully saturated rings. The monoisotopic (exact) mass is 564 g/mol. The number of hydrogen-bond donors (Lipinski definition) is 1. The van der Waals surface area contributed by atoms with E-state index in [1.807, 2.05) is 0 Å². The van der Waals surface area contributed by atoms with Crippen LogP contribution in [-0.4, -0.2) is 6.54 Å². The van der Waals surface area contributed by atoms with E-state index in [0.29, 0.717) is 0 Å². The first-order valence-corrected chi connectivity index (χ1v) is 15.1. The van der Waals surface area contributed by atoms with Crippen LogP contribution in [-0.2, 0) is 0 Å². The van der Waals surface area contributed by atoms with Crippen LogP contribution in [0.25, 0.3) is 60.5 Å². The van der Waals surface area contributed by atoms with Crippen LogP contribution in [0.2, 0.25) is 0 Å². The summed E-state index contributed by atoms with van der Waals surface area (Å²) >= 11 is 0. The quantitative estimate of drug-likeness (QED) is 0.216. The minimum absolute atomic E-state index is 0.778. The van der Waals surface area contributed by atoms with Crippen LogP contribution in [0.1, 0.15) is 5.56 Å². The van der Waals surface area contributed by atoms with E-state index in [1.165, 1.54) is 43.4 Å². The van der Waals surface area contributed by atoms with Gasteiger partial charge in [0.25, 0.3) is 0 Å². The number of benzene rings is 7. The molecule has 0 saturated carbocycles. The molecular formula is C41H28N2O. The van der Waals surface area contributed by atoms with Crippen LogP contribution in [0, 0.1) is 0 Å². The normalized spacial score (nSPS) is 12.5. The molecule has 9 rings (SSSR count). The average Bonchev–Trinajstić information content (AvgIpc) is 3.47. The molecular weight excluding hydrogens is 536 g/mol. The van der Waals surface area contributed by atoms with Crippen LogP contribution in [0.15, 0.2) is 150 Å². The Balaban J connectivity index is 1.23. The molecule has 0 spiro atoms. The summed E-state index contributed by atoms with van der Waals surface area (Å²) in [6, 6.07) is 50.3. The van der Waals surface area contributed by atoms with Gasteiger partial charge >= 0.3 is 0 Å². The molecule has 0 aliphatic carbocycles. The molecule has 0 atom stereocenters. The third-order valence-corrected chi connectivity index (χ3v) is 8.83. The summed E-state index contributed by atoms with van der Waals surface area (Å²) in [5.74, 6) is 0.836. The SMILES string of the molecule is C1=Cc2c(oc3cc(N(c4ccc(-c5ccccc5)cc4)c4ccc5c(ccc6ccc7ccccc7c65)c4)ccc23)NC1. The number of rotatable bonds is 4. The van der Waals surface area contributed by atoms with Gasteiger partial charge in [-0.3, -0.25) is 0 Å². The Labute approximate surface area is 255 Å². The molecule has 0 saturated heterocycles. The minimum atomic E-state index is 0.778. The second-order valence-corrected chi connectivity index (χ2v) is 11.4. The molecule has 208 valence electrons. The smallest absolute Gasteiger partial charge is 0.201 e. The number of furan rings is 1. The van der Waals surface area contributed by atoms with Crippen molar-refractivity contribution in [2.45, 2.75) is 0 Å². The second kappa shape index (κ2) is 9.89. The van der Waals surface area contributed by atoms with Gasteiger partial charge in [-0.15, -0.1) is 0 Å². The Hall–Kier alpha value is -5.80. The lowest BCUT2D eigenvalue weighted by molar-refractivity contribution is 0.628. The highest BCUT2D eigenvalue weighted by Crippen LogP contribution is 2.42. The van der Waals surface area contributed by atoms with Crippen LogP contribution < -0.4 is 10.2 Å². The van der Waals surface area contributed by atoms with Crippen LogP contribution >= 0.6 is 0 Å². The number of hydrogen-bond acceptors (Lipinski definition) is 3. The van der Waals surface area contributed by atoms with Gasteiger partial charge in [0.1, 0.15) is 5.58 Å². The number of nitrogens with one attached hydrogen (secondary N) is 1. The zero-order chi connectivity index (χ0) is 29.0. The lowest BCUT2D eigenvalue weighted by atomic mass is 9.96. The molecule has 1 aromatic heterocycles. The maximum absolute atomic E-state index is 6.30. The fourth-order valence-corrected chi connectivity index (χ4v) is 6.71. The Morgan fingerprint density at radius 2 is 1.18 bits per heavy atom. The van der Waals surface area contributed by atoms with Gasteiger partial charge in [-0.1, -0.05) is 109 Å². The number of fused-ring (bicyclic) bond motifs is 8. The highest BCUT2D eigenvalue weighted by molar-refractivity contribution is 6.20. The standard InChI is InChI=1S/C41H28N2O/c1-2-7-27(8-3-1)28-16-18-32(19-17-28)43(34-21-23-37-38-11-6-24-42-41(38)44-39(37)26-34)33-20-22-36-31(25-33)15-14-30-13-12-29-9-4-5-10-35(29)40(30)36/h1-23,25-26,42H,24H2. The van der Waals surface area contributed by atoms with E-state index in [9.17, 15) is 0 Å². The maximum atomic E-state index is 6.30. The fraction of sp³-hybridized carbons (Fsp3) is 0.0244. The first-order valence-electron chi connectivity index (χ1n) is 15.1. The summed E-state index contributed by atoms with van der Waals surface area (Å²) in [6.07, 6.45) is 4.28. The Bertz CT molecular complexity index is 2380. The van der Waals surface area contributed by atoms with E-state index in [2.05, 4.69) is 162 Å². The Morgan fingerprint density at radius 3 is 2.05 bits per heavy atom. The van der Waals surface area contributed by atoms with E-state index in [0.717, 1.165) is 46.0 Å². The Morgan fingerprint density at radius 1 is 0.523 bits per heavy atom. The van der Waals surface area contributed by atoms with E-state index in [4.69, 9.17) is 4.42 Å². The van der Waals surface area contributed by atoms with Crippen molar-refractivity contribution in [3.63, 3.8) is 0 Å². The maximum Gasteiger partial charge on any atom is 0.201 e. The molecule has 1 aliphatic heterocycles. The molecule has 3 heteroatoms. The average molecular weight is 565 g/mol. The van der Waals surface area contributed by atoms with Crippen molar-refractivity contribution in [3.05, 3.63) is 151 Å². The van der Waals surface area contributed by atoms with Gasteiger partial charge in [0.15, 0.2) is 0 Å². The molecule has 0 radical (unpaired) electrons. The number of anilines is 4. The van der Waals surface area contributed by atoms with Gasteiger partial charge < -0.3 is 14.6 Å². The molecule has 0 bridgehead atoms. The van der Waals surface area contributed by atoms with E-state index in [-0.39, 0.29) is 0 Å². The van der Waals surface area contributed by atoms with Gasteiger partial charge in [0.2, 0.25) is 5.88 Å². The summed E-state index contributed by atoms with van der Waals surface area (Å²) < 4.78 is 6.30. The third kappa shape index (κ3) is 3.98. The lowest BCUT2D eigenvalue weighted by Gasteiger charge is -2.26. The molecule has 3 nitrogen and oxygen atoms in total. The van der Waals surface area contributed by atoms with Gasteiger partial charge in [-0.05, 0) is 79.8 Å². The van der Waals surface area contributed by atoms with Crippen molar-refractivity contribution < 1.29 is 4.42 Å². The topological polar surface area (TPSA) is 28.4 Å². The van der Waals surface area contributed by atoms with Crippen LogP contribution in [0.4, 0.5) is 22.9 Å². The molecule has 0 amide bonds. The summed E-state index contributed by atoms with van der Waals surface area (Å²) in [5, 5.41) is 12.0. The zero-order valence-electron chi connectivity index (χ0n) is 24.0. The predicted molar refractivity (Wildman–Crippen MR) is 186 cm³/mol. The van der Waals surface area contributed by atoms with E-state index in [1.54, 1.807) is 0 Å². The van der Waals surface area contributed by atoms with Crippen molar-refractivity contribution in [2.75, 3.05) is 16.8 Å². The van der Waals surface area contributed by atoms with Gasteiger partial charge in [-0.2, -0.15) is 0 Å². The summed E-state index contributed by atoms with van der Waals surface area (Å²) in [5.41, 5.74) is 7.61. The fourth-order valence-electron chi connectivity index (χ4n) is 6.71. The number of nitrogens with zero attached hydrogens (tertiary/aromatic N) is 1. The summed E-state index contributed by atoms with van der Waals surface area (Å²) in [4.78, 5) is 2.33. The molecule has 44 heavy (non-hydrogen) atoms. The molecule has 0 unspecified atom stereocenters. The minimum Gasteiger partial charge on any atom is -0.440 e. The zero-order valence-corrected chi connectivity index (χ0v) is 24.0. The van der Waals surface area contributed by atoms with Crippen LogP contribution in [0.3, 0.4) is 0 Å². The molecule has 1 N–H and O–H groups in total. The first kappa shape index (κ1) is 24.8. The van der Waals surface area contributed by atoms with Gasteiger partial charge in [0, 0.05) is 40.6 Å². The lowest BCUT2D eigenvalue weighted by Crippen LogP contribution is -2.09. The third-order valence-electron chi connectivity index (χ3n) is 8.83. The van der Waals surface area contributed by atoms with Gasteiger partial charge in [0.05, 0.1) is 0 Å². The van der Waals surface area contributed by atoms with Crippen molar-refractivity contribution in [2.24, 2.45) is 0 Å². The molecule has 8 aromatic rings. The summed E-state index contributed by atoms with van der Waals surface area (Å²) in [7, 11) is 0. The van der Waals surface area contributed by atoms with Crippen molar-refractivity contribution in [3.8, 4) is 11.1 Å². The van der Waals surface area contributed by atoms with Crippen molar-refractivity contribution in [1.82, 2.24) is 0 Å². The van der Waals surface area contributed by atoms with Gasteiger partial charge in [-0.25, -0.2) is 0 Å². The van der Waals surface area contributed by atoms with E-state index >= 15 is 0 Å². The second-order valence-electron chi connectivity index (χ2n) is 11.4. The van der Waals surface area contributed by atoms with E-state index < -0.39 is 0 Å². The molecule has 2 heterocycles. The summed E-state index contributed by atoms with van der Waals surface area (Å²) in [6.45, 7) is 0.778. The van der Waals surface area contributed by atoms with Crippen molar-refractivity contribution in [1.29, 1.82) is 0 Å². The Kier molecular flexibility index (Phi) is 5.57. The van der Waals surface area contributed by atoms with Crippen LogP contribution in [0.5, 0.6) is 0 Å². The largest absolute Gasteiger partial charge is 0.440 e. The first-order chi connectivity index (χ1) is 21.8. The molecule has 7 aromatic carbocycles.